The molecule has 0 aromatic heterocycles. The minimum Gasteiger partial charge on any atom is -0.379 e. The Bertz CT molecular complexity index is 618. The maximum atomic E-state index is 12.5. The van der Waals surface area contributed by atoms with Gasteiger partial charge in [-0.3, -0.25) is 0 Å². The van der Waals surface area contributed by atoms with Gasteiger partial charge >= 0.3 is 0 Å². The van der Waals surface area contributed by atoms with E-state index in [1.54, 1.807) is 0 Å². The molecule has 2 heterocycles. The molecule has 0 bridgehead atoms. The van der Waals surface area contributed by atoms with Crippen molar-refractivity contribution in [2.24, 2.45) is 0 Å². The van der Waals surface area contributed by atoms with Crippen molar-refractivity contribution in [3.8, 4) is 0 Å². The zero-order valence-electron chi connectivity index (χ0n) is 14.8. The van der Waals surface area contributed by atoms with Crippen molar-refractivity contribution in [3.05, 3.63) is 35.9 Å². The molecule has 2 fully saturated rings. The number of piperidine rings is 1. The molecule has 2 saturated heterocycles. The van der Waals surface area contributed by atoms with E-state index in [9.17, 15) is 8.42 Å². The summed E-state index contributed by atoms with van der Waals surface area (Å²) in [6.07, 6.45) is 4.13. The Balaban J connectivity index is 1.44. The summed E-state index contributed by atoms with van der Waals surface area (Å²) in [6, 6.07) is 10.5. The molecule has 0 spiro atoms. The van der Waals surface area contributed by atoms with Gasteiger partial charge < -0.3 is 9.64 Å². The van der Waals surface area contributed by atoms with Crippen LogP contribution in [0.5, 0.6) is 0 Å². The lowest BCUT2D eigenvalue weighted by Crippen LogP contribution is -2.53. The van der Waals surface area contributed by atoms with Crippen molar-refractivity contribution in [2.75, 3.05) is 45.9 Å². The second-order valence-electron chi connectivity index (χ2n) is 6.86. The molecule has 1 atom stereocenters. The Kier molecular flexibility index (Phi) is 6.84. The summed E-state index contributed by atoms with van der Waals surface area (Å²) in [5.74, 6) is 0. The van der Waals surface area contributed by atoms with Gasteiger partial charge in [-0.15, -0.1) is 0 Å². The Labute approximate surface area is 151 Å². The molecular formula is C18H29N3O3S. The highest BCUT2D eigenvalue weighted by Gasteiger charge is 2.29. The van der Waals surface area contributed by atoms with Gasteiger partial charge in [-0.2, -0.15) is 17.4 Å². The molecule has 3 rings (SSSR count). The van der Waals surface area contributed by atoms with E-state index in [0.29, 0.717) is 26.3 Å². The third kappa shape index (κ3) is 5.76. The van der Waals surface area contributed by atoms with Crippen molar-refractivity contribution in [1.29, 1.82) is 0 Å². The van der Waals surface area contributed by atoms with Crippen LogP contribution in [0.2, 0.25) is 0 Å². The maximum absolute atomic E-state index is 12.5. The van der Waals surface area contributed by atoms with Gasteiger partial charge in [-0.25, -0.2) is 0 Å². The molecule has 2 aliphatic rings. The highest BCUT2D eigenvalue weighted by molar-refractivity contribution is 7.87. The Morgan fingerprint density at radius 3 is 2.64 bits per heavy atom. The molecule has 0 aliphatic carbocycles. The molecule has 6 nitrogen and oxygen atoms in total. The number of likely N-dealkylation sites (tertiary alicyclic amines) is 1. The fraction of sp³-hybridized carbons (Fsp3) is 0.667. The molecule has 0 unspecified atom stereocenters. The smallest absolute Gasteiger partial charge is 0.279 e. The Morgan fingerprint density at radius 1 is 1.12 bits per heavy atom. The fourth-order valence-electron chi connectivity index (χ4n) is 3.58. The van der Waals surface area contributed by atoms with Crippen LogP contribution >= 0.6 is 0 Å². The lowest BCUT2D eigenvalue weighted by molar-refractivity contribution is 0.0720. The number of morpholine rings is 1. The Morgan fingerprint density at radius 2 is 1.88 bits per heavy atom. The average Bonchev–Trinajstić information content (AvgIpc) is 2.63. The zero-order chi connectivity index (χ0) is 17.5. The molecule has 7 heteroatoms. The SMILES string of the molecule is O=S(=O)(N[C@H]1CCCN(CCCc2ccccc2)C1)N1CCOCC1. The first-order valence-electron chi connectivity index (χ1n) is 9.25. The summed E-state index contributed by atoms with van der Waals surface area (Å²) in [5, 5.41) is 0. The van der Waals surface area contributed by atoms with Crippen molar-refractivity contribution in [3.63, 3.8) is 0 Å². The first-order valence-corrected chi connectivity index (χ1v) is 10.7. The maximum Gasteiger partial charge on any atom is 0.279 e. The van der Waals surface area contributed by atoms with E-state index >= 15 is 0 Å². The molecular weight excluding hydrogens is 338 g/mol. The van der Waals surface area contributed by atoms with E-state index in [4.69, 9.17) is 4.74 Å². The van der Waals surface area contributed by atoms with Gasteiger partial charge in [0, 0.05) is 25.7 Å². The molecule has 0 saturated carbocycles. The summed E-state index contributed by atoms with van der Waals surface area (Å²) in [4.78, 5) is 2.39. The van der Waals surface area contributed by atoms with Crippen molar-refractivity contribution >= 4 is 10.2 Å². The number of benzene rings is 1. The van der Waals surface area contributed by atoms with E-state index in [-0.39, 0.29) is 6.04 Å². The third-order valence-electron chi connectivity index (χ3n) is 4.91. The molecule has 0 amide bonds. The summed E-state index contributed by atoms with van der Waals surface area (Å²) in [5.41, 5.74) is 1.36. The van der Waals surface area contributed by atoms with Crippen LogP contribution in [0.4, 0.5) is 0 Å². The van der Waals surface area contributed by atoms with Gasteiger partial charge in [0.15, 0.2) is 0 Å². The number of rotatable bonds is 7. The summed E-state index contributed by atoms with van der Waals surface area (Å²) in [6.45, 7) is 4.74. The Hall–Kier alpha value is -0.990. The van der Waals surface area contributed by atoms with Crippen LogP contribution in [0.3, 0.4) is 0 Å². The molecule has 25 heavy (non-hydrogen) atoms. The molecule has 2 aliphatic heterocycles. The molecule has 0 radical (unpaired) electrons. The summed E-state index contributed by atoms with van der Waals surface area (Å²) >= 11 is 0. The second-order valence-corrected chi connectivity index (χ2v) is 8.57. The lowest BCUT2D eigenvalue weighted by atomic mass is 10.1. The largest absolute Gasteiger partial charge is 0.379 e. The van der Waals surface area contributed by atoms with Crippen LogP contribution in [0.25, 0.3) is 0 Å². The average molecular weight is 368 g/mol. The predicted octanol–water partition coefficient (Wildman–Crippen LogP) is 1.25. The van der Waals surface area contributed by atoms with E-state index in [1.807, 2.05) is 6.07 Å². The minimum absolute atomic E-state index is 0.0123. The van der Waals surface area contributed by atoms with Crippen LogP contribution in [0.15, 0.2) is 30.3 Å². The van der Waals surface area contributed by atoms with Crippen LogP contribution in [0.1, 0.15) is 24.8 Å². The number of nitrogens with zero attached hydrogens (tertiary/aromatic N) is 2. The predicted molar refractivity (Wildman–Crippen MR) is 98.7 cm³/mol. The zero-order valence-corrected chi connectivity index (χ0v) is 15.6. The third-order valence-corrected chi connectivity index (χ3v) is 6.59. The topological polar surface area (TPSA) is 61.9 Å². The van der Waals surface area contributed by atoms with Gasteiger partial charge in [0.2, 0.25) is 0 Å². The molecule has 1 aromatic rings. The van der Waals surface area contributed by atoms with Crippen molar-refractivity contribution in [2.45, 2.75) is 31.7 Å². The number of nitrogens with one attached hydrogen (secondary N) is 1. The van der Waals surface area contributed by atoms with Crippen LogP contribution < -0.4 is 4.72 Å². The first-order chi connectivity index (χ1) is 12.1. The van der Waals surface area contributed by atoms with Crippen molar-refractivity contribution in [1.82, 2.24) is 13.9 Å². The lowest BCUT2D eigenvalue weighted by Gasteiger charge is -2.35. The quantitative estimate of drug-likeness (QED) is 0.788. The standard InChI is InChI=1S/C18H29N3O3S/c22-25(23,21-12-14-24-15-13-21)19-18-9-5-11-20(16-18)10-4-8-17-6-2-1-3-7-17/h1-3,6-7,18-19H,4-5,8-16H2/t18-/m0/s1. The fourth-order valence-corrected chi connectivity index (χ4v) is 4.97. The minimum atomic E-state index is -3.39. The van der Waals surface area contributed by atoms with Gasteiger partial charge in [0.1, 0.15) is 0 Å². The van der Waals surface area contributed by atoms with Gasteiger partial charge in [-0.05, 0) is 44.3 Å². The molecule has 1 aromatic carbocycles. The first kappa shape index (κ1) is 18.8. The molecule has 1 N–H and O–H groups in total. The van der Waals surface area contributed by atoms with Gasteiger partial charge in [-0.1, -0.05) is 30.3 Å². The van der Waals surface area contributed by atoms with E-state index in [2.05, 4.69) is 33.9 Å². The van der Waals surface area contributed by atoms with Gasteiger partial charge in [0.25, 0.3) is 10.2 Å². The molecule has 140 valence electrons. The summed E-state index contributed by atoms with van der Waals surface area (Å²) in [7, 11) is -3.39. The number of hydrogen-bond acceptors (Lipinski definition) is 4. The van der Waals surface area contributed by atoms with Crippen LogP contribution in [-0.4, -0.2) is 69.6 Å². The number of aryl methyl sites for hydroxylation is 1. The summed E-state index contributed by atoms with van der Waals surface area (Å²) < 4.78 is 34.6. The number of hydrogen-bond donors (Lipinski definition) is 1. The van der Waals surface area contributed by atoms with Crippen molar-refractivity contribution < 1.29 is 13.2 Å². The monoisotopic (exact) mass is 367 g/mol. The van der Waals surface area contributed by atoms with Crippen LogP contribution in [0, 0.1) is 0 Å². The van der Waals surface area contributed by atoms with E-state index in [0.717, 1.165) is 45.3 Å². The number of ether oxygens (including phenoxy) is 1. The highest BCUT2D eigenvalue weighted by atomic mass is 32.2. The van der Waals surface area contributed by atoms with Gasteiger partial charge in [0.05, 0.1) is 13.2 Å². The highest BCUT2D eigenvalue weighted by Crippen LogP contribution is 2.14. The van der Waals surface area contributed by atoms with E-state index < -0.39 is 10.2 Å². The normalized spacial score (nSPS) is 23.6. The second kappa shape index (κ2) is 9.09. The van der Waals surface area contributed by atoms with Crippen LogP contribution in [-0.2, 0) is 21.4 Å². The van der Waals surface area contributed by atoms with E-state index in [1.165, 1.54) is 9.87 Å².